The van der Waals surface area contributed by atoms with Crippen LogP contribution in [0.2, 0.25) is 0 Å². The molecule has 0 aromatic carbocycles. The number of hydrogen-bond donors (Lipinski definition) is 2. The summed E-state index contributed by atoms with van der Waals surface area (Å²) in [4.78, 5) is 9.87. The molecule has 0 bridgehead atoms. The predicted octanol–water partition coefficient (Wildman–Crippen LogP) is -1.32. The van der Waals surface area contributed by atoms with Crippen molar-refractivity contribution in [3.8, 4) is 0 Å². The molecule has 1 aliphatic rings. The second kappa shape index (κ2) is 3.42. The summed E-state index contributed by atoms with van der Waals surface area (Å²) in [6.45, 7) is 2.11. The molecule has 4 heteroatoms. The van der Waals surface area contributed by atoms with Crippen LogP contribution in [-0.2, 0) is 9.53 Å². The van der Waals surface area contributed by atoms with Gasteiger partial charge in [0.25, 0.3) is 0 Å². The SMILES string of the molecule is O=CNC1COCCN1. The Balaban J connectivity index is 2.15. The average Bonchev–Trinajstić information content (AvgIpc) is 1.91. The third-order valence-electron chi connectivity index (χ3n) is 1.19. The predicted molar refractivity (Wildman–Crippen MR) is 31.8 cm³/mol. The molecule has 1 saturated heterocycles. The lowest BCUT2D eigenvalue weighted by atomic mass is 10.4. The molecule has 4 nitrogen and oxygen atoms in total. The number of morpholine rings is 1. The normalized spacial score (nSPS) is 27.3. The maximum atomic E-state index is 9.87. The van der Waals surface area contributed by atoms with Gasteiger partial charge in [-0.05, 0) is 0 Å². The fourth-order valence-electron chi connectivity index (χ4n) is 0.755. The van der Waals surface area contributed by atoms with E-state index in [2.05, 4.69) is 10.6 Å². The first-order valence-electron chi connectivity index (χ1n) is 2.94. The van der Waals surface area contributed by atoms with Crippen LogP contribution < -0.4 is 10.6 Å². The van der Waals surface area contributed by atoms with Crippen LogP contribution in [0.15, 0.2) is 0 Å². The first kappa shape index (κ1) is 6.51. The Morgan fingerprint density at radius 2 is 2.67 bits per heavy atom. The highest BCUT2D eigenvalue weighted by Gasteiger charge is 2.09. The van der Waals surface area contributed by atoms with E-state index in [9.17, 15) is 4.79 Å². The molecule has 0 saturated carbocycles. The quantitative estimate of drug-likeness (QED) is 0.456. The van der Waals surface area contributed by atoms with Crippen molar-refractivity contribution in [2.24, 2.45) is 0 Å². The summed E-state index contributed by atoms with van der Waals surface area (Å²) in [5.41, 5.74) is 0. The van der Waals surface area contributed by atoms with Crippen molar-refractivity contribution in [3.05, 3.63) is 0 Å². The molecule has 1 fully saturated rings. The first-order valence-corrected chi connectivity index (χ1v) is 2.94. The van der Waals surface area contributed by atoms with Gasteiger partial charge in [0.05, 0.1) is 13.2 Å². The third-order valence-corrected chi connectivity index (χ3v) is 1.19. The number of amides is 1. The highest BCUT2D eigenvalue weighted by molar-refractivity contribution is 5.46. The zero-order valence-electron chi connectivity index (χ0n) is 5.09. The van der Waals surface area contributed by atoms with Crippen LogP contribution in [0.3, 0.4) is 0 Å². The molecule has 1 atom stereocenters. The lowest BCUT2D eigenvalue weighted by Crippen LogP contribution is -2.49. The van der Waals surface area contributed by atoms with Gasteiger partial charge in [0.15, 0.2) is 0 Å². The zero-order valence-corrected chi connectivity index (χ0v) is 5.09. The Hall–Kier alpha value is -0.610. The van der Waals surface area contributed by atoms with Gasteiger partial charge in [-0.1, -0.05) is 0 Å². The topological polar surface area (TPSA) is 50.4 Å². The molecule has 1 amide bonds. The molecular formula is C5H10N2O2. The molecule has 2 N–H and O–H groups in total. The van der Waals surface area contributed by atoms with Crippen molar-refractivity contribution in [2.45, 2.75) is 6.17 Å². The summed E-state index contributed by atoms with van der Waals surface area (Å²) in [6.07, 6.45) is 0.683. The molecule has 0 aromatic rings. The van der Waals surface area contributed by atoms with Gasteiger partial charge in [0.2, 0.25) is 6.41 Å². The van der Waals surface area contributed by atoms with Crippen LogP contribution in [0.4, 0.5) is 0 Å². The van der Waals surface area contributed by atoms with Gasteiger partial charge < -0.3 is 10.1 Å². The molecular weight excluding hydrogens is 120 g/mol. The maximum absolute atomic E-state index is 9.87. The van der Waals surface area contributed by atoms with Crippen molar-refractivity contribution in [3.63, 3.8) is 0 Å². The number of carbonyl (C=O) groups is 1. The summed E-state index contributed by atoms with van der Waals surface area (Å²) < 4.78 is 5.05. The average molecular weight is 130 g/mol. The Morgan fingerprint density at radius 1 is 1.78 bits per heavy atom. The molecule has 0 spiro atoms. The number of hydrogen-bond acceptors (Lipinski definition) is 3. The van der Waals surface area contributed by atoms with Crippen molar-refractivity contribution in [1.29, 1.82) is 0 Å². The van der Waals surface area contributed by atoms with Crippen LogP contribution in [-0.4, -0.2) is 32.3 Å². The summed E-state index contributed by atoms with van der Waals surface area (Å²) in [6, 6.07) is 0. The molecule has 52 valence electrons. The van der Waals surface area contributed by atoms with Crippen LogP contribution in [0.25, 0.3) is 0 Å². The van der Waals surface area contributed by atoms with Crippen molar-refractivity contribution >= 4 is 6.41 Å². The van der Waals surface area contributed by atoms with E-state index in [1.165, 1.54) is 0 Å². The van der Waals surface area contributed by atoms with Crippen molar-refractivity contribution < 1.29 is 9.53 Å². The van der Waals surface area contributed by atoms with E-state index in [-0.39, 0.29) is 6.17 Å². The minimum absolute atomic E-state index is 0.0104. The lowest BCUT2D eigenvalue weighted by molar-refractivity contribution is -0.111. The van der Waals surface area contributed by atoms with Crippen molar-refractivity contribution in [1.82, 2.24) is 10.6 Å². The van der Waals surface area contributed by atoms with Gasteiger partial charge >= 0.3 is 0 Å². The molecule has 0 radical (unpaired) electrons. The van der Waals surface area contributed by atoms with E-state index in [0.29, 0.717) is 13.0 Å². The standard InChI is InChI=1S/C5H10N2O2/c8-4-7-5-3-9-2-1-6-5/h4-6H,1-3H2,(H,7,8). The van der Waals surface area contributed by atoms with E-state index in [4.69, 9.17) is 4.74 Å². The minimum atomic E-state index is 0.0104. The zero-order chi connectivity index (χ0) is 6.53. The molecule has 1 aliphatic heterocycles. The third kappa shape index (κ3) is 1.99. The first-order chi connectivity index (χ1) is 4.43. The van der Waals surface area contributed by atoms with Crippen LogP contribution >= 0.6 is 0 Å². The van der Waals surface area contributed by atoms with Gasteiger partial charge in [-0.15, -0.1) is 0 Å². The Labute approximate surface area is 53.6 Å². The number of carbonyl (C=O) groups excluding carboxylic acids is 1. The summed E-state index contributed by atoms with van der Waals surface area (Å²) in [7, 11) is 0. The van der Waals surface area contributed by atoms with E-state index < -0.39 is 0 Å². The monoisotopic (exact) mass is 130 g/mol. The lowest BCUT2D eigenvalue weighted by Gasteiger charge is -2.22. The van der Waals surface area contributed by atoms with E-state index >= 15 is 0 Å². The summed E-state index contributed by atoms with van der Waals surface area (Å²) >= 11 is 0. The van der Waals surface area contributed by atoms with Gasteiger partial charge in [0.1, 0.15) is 6.17 Å². The summed E-state index contributed by atoms with van der Waals surface area (Å²) in [5.74, 6) is 0. The highest BCUT2D eigenvalue weighted by atomic mass is 16.5. The Kier molecular flexibility index (Phi) is 2.48. The van der Waals surface area contributed by atoms with Crippen LogP contribution in [0.1, 0.15) is 0 Å². The largest absolute Gasteiger partial charge is 0.377 e. The number of rotatable bonds is 2. The Morgan fingerprint density at radius 3 is 3.22 bits per heavy atom. The fraction of sp³-hybridized carbons (Fsp3) is 0.800. The highest BCUT2D eigenvalue weighted by Crippen LogP contribution is 1.86. The smallest absolute Gasteiger partial charge is 0.208 e. The fourth-order valence-corrected chi connectivity index (χ4v) is 0.755. The minimum Gasteiger partial charge on any atom is -0.377 e. The van der Waals surface area contributed by atoms with Gasteiger partial charge in [-0.3, -0.25) is 10.1 Å². The second-order valence-corrected chi connectivity index (χ2v) is 1.87. The van der Waals surface area contributed by atoms with Crippen LogP contribution in [0, 0.1) is 0 Å². The number of nitrogens with one attached hydrogen (secondary N) is 2. The van der Waals surface area contributed by atoms with Gasteiger partial charge in [-0.2, -0.15) is 0 Å². The van der Waals surface area contributed by atoms with Gasteiger partial charge in [-0.25, -0.2) is 0 Å². The second-order valence-electron chi connectivity index (χ2n) is 1.87. The molecule has 0 aliphatic carbocycles. The van der Waals surface area contributed by atoms with E-state index in [1.54, 1.807) is 0 Å². The molecule has 9 heavy (non-hydrogen) atoms. The molecule has 0 aromatic heterocycles. The van der Waals surface area contributed by atoms with Crippen LogP contribution in [0.5, 0.6) is 0 Å². The molecule has 1 rings (SSSR count). The number of ether oxygens (including phenoxy) is 1. The summed E-state index contributed by atoms with van der Waals surface area (Å²) in [5, 5.41) is 5.62. The molecule has 1 unspecified atom stereocenters. The molecule has 1 heterocycles. The van der Waals surface area contributed by atoms with E-state index in [0.717, 1.165) is 13.2 Å². The van der Waals surface area contributed by atoms with Crippen molar-refractivity contribution in [2.75, 3.05) is 19.8 Å². The maximum Gasteiger partial charge on any atom is 0.208 e. The van der Waals surface area contributed by atoms with E-state index in [1.807, 2.05) is 0 Å². The van der Waals surface area contributed by atoms with Gasteiger partial charge in [0, 0.05) is 6.54 Å². The Bertz CT molecular complexity index is 91.0.